The second kappa shape index (κ2) is 7.21. The third kappa shape index (κ3) is 4.56. The van der Waals surface area contributed by atoms with E-state index in [1.165, 1.54) is 0 Å². The fraction of sp³-hybridized carbons (Fsp3) is 0.643. The molecule has 1 saturated heterocycles. The SMILES string of the molecule is CN(C)CCNc1nccc(N2CCC(C(=O)O)CC2)n1. The van der Waals surface area contributed by atoms with Crippen molar-refractivity contribution in [3.8, 4) is 0 Å². The number of hydrogen-bond donors (Lipinski definition) is 2. The topological polar surface area (TPSA) is 81.6 Å². The van der Waals surface area contributed by atoms with E-state index in [0.717, 1.165) is 32.0 Å². The van der Waals surface area contributed by atoms with Gasteiger partial charge in [-0.2, -0.15) is 4.98 Å². The highest BCUT2D eigenvalue weighted by Gasteiger charge is 2.25. The van der Waals surface area contributed by atoms with Crippen LogP contribution in [0.2, 0.25) is 0 Å². The second-order valence-corrected chi connectivity index (χ2v) is 5.57. The molecule has 7 nitrogen and oxygen atoms in total. The summed E-state index contributed by atoms with van der Waals surface area (Å²) >= 11 is 0. The van der Waals surface area contributed by atoms with Gasteiger partial charge in [0.05, 0.1) is 5.92 Å². The minimum atomic E-state index is -0.691. The molecule has 1 fully saturated rings. The van der Waals surface area contributed by atoms with Gasteiger partial charge < -0.3 is 20.2 Å². The van der Waals surface area contributed by atoms with Crippen LogP contribution in [-0.2, 0) is 4.79 Å². The molecule has 0 radical (unpaired) electrons. The number of carboxylic acid groups (broad SMARTS) is 1. The predicted molar refractivity (Wildman–Crippen MR) is 81.6 cm³/mol. The number of nitrogens with zero attached hydrogens (tertiary/aromatic N) is 4. The molecule has 0 aliphatic carbocycles. The molecular formula is C14H23N5O2. The van der Waals surface area contributed by atoms with Crippen molar-refractivity contribution in [2.75, 3.05) is 50.5 Å². The van der Waals surface area contributed by atoms with Crippen molar-refractivity contribution in [1.29, 1.82) is 0 Å². The van der Waals surface area contributed by atoms with Crippen molar-refractivity contribution in [3.63, 3.8) is 0 Å². The lowest BCUT2D eigenvalue weighted by atomic mass is 9.97. The lowest BCUT2D eigenvalue weighted by Gasteiger charge is -2.31. The van der Waals surface area contributed by atoms with Gasteiger partial charge in [-0.25, -0.2) is 4.98 Å². The molecule has 0 bridgehead atoms. The van der Waals surface area contributed by atoms with Gasteiger partial charge in [-0.1, -0.05) is 0 Å². The quantitative estimate of drug-likeness (QED) is 0.801. The fourth-order valence-corrected chi connectivity index (χ4v) is 2.36. The average molecular weight is 293 g/mol. The van der Waals surface area contributed by atoms with Gasteiger partial charge in [-0.3, -0.25) is 4.79 Å². The largest absolute Gasteiger partial charge is 0.481 e. The number of carbonyl (C=O) groups is 1. The summed E-state index contributed by atoms with van der Waals surface area (Å²) in [6, 6.07) is 1.87. The van der Waals surface area contributed by atoms with E-state index in [1.54, 1.807) is 6.20 Å². The minimum Gasteiger partial charge on any atom is -0.481 e. The first kappa shape index (κ1) is 15.5. The van der Waals surface area contributed by atoms with Gasteiger partial charge in [0.1, 0.15) is 5.82 Å². The summed E-state index contributed by atoms with van der Waals surface area (Å²) in [4.78, 5) is 23.9. The maximum Gasteiger partial charge on any atom is 0.306 e. The molecule has 0 aromatic carbocycles. The molecule has 0 spiro atoms. The Bertz CT molecular complexity index is 472. The number of rotatable bonds is 6. The highest BCUT2D eigenvalue weighted by Crippen LogP contribution is 2.22. The smallest absolute Gasteiger partial charge is 0.306 e. The average Bonchev–Trinajstić information content (AvgIpc) is 2.47. The maximum atomic E-state index is 11.0. The fourth-order valence-electron chi connectivity index (χ4n) is 2.36. The number of piperidine rings is 1. The summed E-state index contributed by atoms with van der Waals surface area (Å²) in [6.45, 7) is 3.16. The molecule has 2 rings (SSSR count). The molecule has 1 aromatic rings. The molecule has 7 heteroatoms. The van der Waals surface area contributed by atoms with Crippen LogP contribution in [0.3, 0.4) is 0 Å². The van der Waals surface area contributed by atoms with E-state index in [4.69, 9.17) is 5.11 Å². The molecule has 0 amide bonds. The number of nitrogens with one attached hydrogen (secondary N) is 1. The van der Waals surface area contributed by atoms with Crippen molar-refractivity contribution < 1.29 is 9.90 Å². The molecule has 0 unspecified atom stereocenters. The van der Waals surface area contributed by atoms with Crippen LogP contribution in [0.4, 0.5) is 11.8 Å². The van der Waals surface area contributed by atoms with Gasteiger partial charge in [0.2, 0.25) is 5.95 Å². The first-order valence-corrected chi connectivity index (χ1v) is 7.25. The third-order valence-corrected chi connectivity index (χ3v) is 3.65. The summed E-state index contributed by atoms with van der Waals surface area (Å²) in [5.41, 5.74) is 0. The number of aliphatic carboxylic acids is 1. The highest BCUT2D eigenvalue weighted by atomic mass is 16.4. The van der Waals surface area contributed by atoms with Gasteiger partial charge in [0, 0.05) is 32.4 Å². The van der Waals surface area contributed by atoms with Crippen LogP contribution < -0.4 is 10.2 Å². The van der Waals surface area contributed by atoms with Gasteiger partial charge in [0.15, 0.2) is 0 Å². The summed E-state index contributed by atoms with van der Waals surface area (Å²) in [6.07, 6.45) is 3.08. The van der Waals surface area contributed by atoms with Crippen LogP contribution in [0, 0.1) is 5.92 Å². The van der Waals surface area contributed by atoms with Crippen molar-refractivity contribution in [2.24, 2.45) is 5.92 Å². The minimum absolute atomic E-state index is 0.222. The Labute approximate surface area is 125 Å². The summed E-state index contributed by atoms with van der Waals surface area (Å²) in [5.74, 6) is 0.569. The lowest BCUT2D eigenvalue weighted by Crippen LogP contribution is -2.36. The van der Waals surface area contributed by atoms with Crippen LogP contribution in [0.1, 0.15) is 12.8 Å². The van der Waals surface area contributed by atoms with Crippen molar-refractivity contribution in [2.45, 2.75) is 12.8 Å². The Hall–Kier alpha value is -1.89. The number of carboxylic acids is 1. The van der Waals surface area contributed by atoms with E-state index in [1.807, 2.05) is 20.2 Å². The van der Waals surface area contributed by atoms with E-state index < -0.39 is 5.97 Å². The van der Waals surface area contributed by atoms with E-state index in [0.29, 0.717) is 18.8 Å². The van der Waals surface area contributed by atoms with Crippen LogP contribution in [0.15, 0.2) is 12.3 Å². The van der Waals surface area contributed by atoms with Crippen LogP contribution >= 0.6 is 0 Å². The zero-order chi connectivity index (χ0) is 15.2. The molecule has 1 aromatic heterocycles. The monoisotopic (exact) mass is 293 g/mol. The number of likely N-dealkylation sites (N-methyl/N-ethyl adjacent to an activating group) is 1. The number of hydrogen-bond acceptors (Lipinski definition) is 6. The Morgan fingerprint density at radius 2 is 2.19 bits per heavy atom. The summed E-state index contributed by atoms with van der Waals surface area (Å²) < 4.78 is 0. The maximum absolute atomic E-state index is 11.0. The zero-order valence-corrected chi connectivity index (χ0v) is 12.6. The number of anilines is 2. The summed E-state index contributed by atoms with van der Waals surface area (Å²) in [7, 11) is 4.04. The van der Waals surface area contributed by atoms with Gasteiger partial charge in [-0.05, 0) is 33.0 Å². The van der Waals surface area contributed by atoms with Crippen molar-refractivity contribution in [3.05, 3.63) is 12.3 Å². The Balaban J connectivity index is 1.90. The Kier molecular flexibility index (Phi) is 5.32. The summed E-state index contributed by atoms with van der Waals surface area (Å²) in [5, 5.41) is 12.2. The van der Waals surface area contributed by atoms with E-state index in [-0.39, 0.29) is 5.92 Å². The highest BCUT2D eigenvalue weighted by molar-refractivity contribution is 5.70. The molecular weight excluding hydrogens is 270 g/mol. The molecule has 1 aliphatic rings. The molecule has 116 valence electrons. The molecule has 1 aliphatic heterocycles. The van der Waals surface area contributed by atoms with E-state index in [9.17, 15) is 4.79 Å². The standard InChI is InChI=1S/C14H23N5O2/c1-18(2)10-7-16-14-15-6-3-12(17-14)19-8-4-11(5-9-19)13(20)21/h3,6,11H,4-5,7-10H2,1-2H3,(H,20,21)(H,15,16,17). The first-order chi connectivity index (χ1) is 10.1. The number of aromatic nitrogens is 2. The van der Waals surface area contributed by atoms with Crippen LogP contribution in [-0.4, -0.2) is 66.2 Å². The lowest BCUT2D eigenvalue weighted by molar-refractivity contribution is -0.142. The van der Waals surface area contributed by atoms with E-state index >= 15 is 0 Å². The second-order valence-electron chi connectivity index (χ2n) is 5.57. The van der Waals surface area contributed by atoms with Crippen molar-refractivity contribution >= 4 is 17.7 Å². The van der Waals surface area contributed by atoms with Crippen LogP contribution in [0.5, 0.6) is 0 Å². The zero-order valence-electron chi connectivity index (χ0n) is 12.6. The molecule has 0 atom stereocenters. The van der Waals surface area contributed by atoms with Gasteiger partial charge >= 0.3 is 5.97 Å². The molecule has 2 N–H and O–H groups in total. The van der Waals surface area contributed by atoms with E-state index in [2.05, 4.69) is 25.1 Å². The first-order valence-electron chi connectivity index (χ1n) is 7.25. The predicted octanol–water partition coefficient (Wildman–Crippen LogP) is 0.751. The molecule has 2 heterocycles. The molecule has 21 heavy (non-hydrogen) atoms. The normalized spacial score (nSPS) is 16.2. The molecule has 0 saturated carbocycles. The Morgan fingerprint density at radius 1 is 1.48 bits per heavy atom. The van der Waals surface area contributed by atoms with Crippen molar-refractivity contribution in [1.82, 2.24) is 14.9 Å². The van der Waals surface area contributed by atoms with Gasteiger partial charge in [0.25, 0.3) is 0 Å². The van der Waals surface area contributed by atoms with Crippen LogP contribution in [0.25, 0.3) is 0 Å². The van der Waals surface area contributed by atoms with Gasteiger partial charge in [-0.15, -0.1) is 0 Å². The third-order valence-electron chi connectivity index (χ3n) is 3.65. The Morgan fingerprint density at radius 3 is 2.81 bits per heavy atom.